The average Bonchev–Trinajstić information content (AvgIpc) is 2.78. The molecule has 30 heavy (non-hydrogen) atoms. The third-order valence-electron chi connectivity index (χ3n) is 4.38. The first-order valence-corrected chi connectivity index (χ1v) is 9.55. The van der Waals surface area contributed by atoms with E-state index in [9.17, 15) is 9.90 Å². The van der Waals surface area contributed by atoms with Gasteiger partial charge in [-0.15, -0.1) is 0 Å². The maximum absolute atomic E-state index is 9.92. The van der Waals surface area contributed by atoms with Gasteiger partial charge in [0.15, 0.2) is 0 Å². The number of carbonyl (C=O) groups is 1. The molecule has 1 N–H and O–H groups in total. The lowest BCUT2D eigenvalue weighted by Crippen LogP contribution is -1.96. The van der Waals surface area contributed by atoms with E-state index in [4.69, 9.17) is 10.00 Å². The Labute approximate surface area is 177 Å². The van der Waals surface area contributed by atoms with Crippen LogP contribution in [0.4, 0.5) is 0 Å². The molecule has 0 radical (unpaired) electrons. The van der Waals surface area contributed by atoms with Gasteiger partial charge in [0.05, 0.1) is 18.7 Å². The van der Waals surface area contributed by atoms with Crippen molar-refractivity contribution in [2.45, 2.75) is 26.9 Å². The summed E-state index contributed by atoms with van der Waals surface area (Å²) in [6, 6.07) is 23.2. The molecule has 0 bridgehead atoms. The van der Waals surface area contributed by atoms with Gasteiger partial charge in [-0.3, -0.25) is 4.79 Å². The summed E-state index contributed by atoms with van der Waals surface area (Å²) < 4.78 is 9.91. The van der Waals surface area contributed by atoms with E-state index in [1.807, 2.05) is 55.5 Å². The van der Waals surface area contributed by atoms with Gasteiger partial charge >= 0.3 is 5.97 Å². The smallest absolute Gasteiger partial charge is 0.302 e. The van der Waals surface area contributed by atoms with E-state index in [2.05, 4.69) is 16.9 Å². The van der Waals surface area contributed by atoms with Crippen LogP contribution in [-0.2, 0) is 22.6 Å². The molecular formula is C25H25NO4. The SMILES string of the molecule is CCc1ccc(OCc2cccc(-c3cccc(C#N)c3)c2)cc1O.COC(C)=O. The minimum absolute atomic E-state index is 0.245. The maximum atomic E-state index is 9.92. The Kier molecular flexibility index (Phi) is 8.46. The summed E-state index contributed by atoms with van der Waals surface area (Å²) in [4.78, 5) is 9.59. The zero-order valence-electron chi connectivity index (χ0n) is 17.4. The fourth-order valence-corrected chi connectivity index (χ4v) is 2.71. The third kappa shape index (κ3) is 6.68. The fourth-order valence-electron chi connectivity index (χ4n) is 2.71. The van der Waals surface area contributed by atoms with Crippen molar-refractivity contribution in [3.8, 4) is 28.7 Å². The number of ether oxygens (including phenoxy) is 2. The number of nitriles is 1. The standard InChI is InChI=1S/C22H19NO2.C3H6O2/c1-2-18-9-10-21(13-22(18)24)25-15-17-6-4-8-20(12-17)19-7-3-5-16(11-19)14-23;1-3(4)5-2/h3-13,24H,2,15H2,1H3;1-2H3. The van der Waals surface area contributed by atoms with Crippen LogP contribution in [0.5, 0.6) is 11.5 Å². The third-order valence-corrected chi connectivity index (χ3v) is 4.38. The molecular weight excluding hydrogens is 378 g/mol. The van der Waals surface area contributed by atoms with Gasteiger partial charge in [-0.25, -0.2) is 0 Å². The largest absolute Gasteiger partial charge is 0.508 e. The number of nitrogens with zero attached hydrogens (tertiary/aromatic N) is 1. The predicted octanol–water partition coefficient (Wildman–Crippen LogP) is 5.25. The number of rotatable bonds is 5. The van der Waals surface area contributed by atoms with E-state index in [0.717, 1.165) is 28.7 Å². The van der Waals surface area contributed by atoms with Gasteiger partial charge in [0.1, 0.15) is 18.1 Å². The summed E-state index contributed by atoms with van der Waals surface area (Å²) in [5, 5.41) is 19.0. The number of esters is 1. The highest BCUT2D eigenvalue weighted by atomic mass is 16.5. The van der Waals surface area contributed by atoms with Crippen LogP contribution in [0.15, 0.2) is 66.7 Å². The van der Waals surface area contributed by atoms with Crippen molar-refractivity contribution in [2.75, 3.05) is 7.11 Å². The number of hydrogen-bond donors (Lipinski definition) is 1. The van der Waals surface area contributed by atoms with E-state index < -0.39 is 0 Å². The summed E-state index contributed by atoms with van der Waals surface area (Å²) in [5.74, 6) is 0.665. The Bertz CT molecular complexity index is 1040. The van der Waals surface area contributed by atoms with Crippen molar-refractivity contribution in [1.82, 2.24) is 0 Å². The number of phenols is 1. The number of aromatic hydroxyl groups is 1. The van der Waals surface area contributed by atoms with Crippen LogP contribution in [0.3, 0.4) is 0 Å². The molecule has 5 heteroatoms. The zero-order valence-corrected chi connectivity index (χ0v) is 17.4. The lowest BCUT2D eigenvalue weighted by atomic mass is 10.0. The van der Waals surface area contributed by atoms with Gasteiger partial charge in [-0.05, 0) is 52.9 Å². The van der Waals surface area contributed by atoms with Crippen LogP contribution < -0.4 is 4.74 Å². The molecule has 0 amide bonds. The Morgan fingerprint density at radius 2 is 1.70 bits per heavy atom. The second-order valence-corrected chi connectivity index (χ2v) is 6.52. The number of aryl methyl sites for hydroxylation is 1. The van der Waals surface area contributed by atoms with Gasteiger partial charge in [0.25, 0.3) is 0 Å². The fraction of sp³-hybridized carbons (Fsp3) is 0.200. The van der Waals surface area contributed by atoms with Gasteiger partial charge < -0.3 is 14.6 Å². The maximum Gasteiger partial charge on any atom is 0.302 e. The second kappa shape index (κ2) is 11.3. The quantitative estimate of drug-likeness (QED) is 0.589. The first kappa shape index (κ1) is 22.5. The molecule has 0 aliphatic heterocycles. The molecule has 0 atom stereocenters. The van der Waals surface area contributed by atoms with Crippen LogP contribution in [0, 0.1) is 11.3 Å². The summed E-state index contributed by atoms with van der Waals surface area (Å²) in [5.41, 5.74) is 4.63. The summed E-state index contributed by atoms with van der Waals surface area (Å²) in [6.45, 7) is 3.78. The van der Waals surface area contributed by atoms with Crippen LogP contribution >= 0.6 is 0 Å². The predicted molar refractivity (Wildman–Crippen MR) is 116 cm³/mol. The topological polar surface area (TPSA) is 79.6 Å². The van der Waals surface area contributed by atoms with E-state index in [0.29, 0.717) is 17.9 Å². The van der Waals surface area contributed by atoms with E-state index >= 15 is 0 Å². The van der Waals surface area contributed by atoms with E-state index in [-0.39, 0.29) is 11.7 Å². The first-order chi connectivity index (χ1) is 14.5. The number of carbonyl (C=O) groups excluding carboxylic acids is 1. The number of methoxy groups -OCH3 is 1. The molecule has 0 unspecified atom stereocenters. The first-order valence-electron chi connectivity index (χ1n) is 9.55. The highest BCUT2D eigenvalue weighted by Crippen LogP contribution is 2.26. The van der Waals surface area contributed by atoms with Crippen molar-refractivity contribution in [3.63, 3.8) is 0 Å². The molecule has 5 nitrogen and oxygen atoms in total. The molecule has 0 saturated heterocycles. The van der Waals surface area contributed by atoms with Gasteiger partial charge in [0.2, 0.25) is 0 Å². The molecule has 3 aromatic carbocycles. The number of phenolic OH excluding ortho intramolecular Hbond substituents is 1. The van der Waals surface area contributed by atoms with Gasteiger partial charge in [0, 0.05) is 13.0 Å². The van der Waals surface area contributed by atoms with Crippen LogP contribution in [-0.4, -0.2) is 18.2 Å². The molecule has 0 aromatic heterocycles. The molecule has 0 saturated carbocycles. The molecule has 154 valence electrons. The van der Waals surface area contributed by atoms with Crippen molar-refractivity contribution in [3.05, 3.63) is 83.4 Å². The molecule has 0 aliphatic carbocycles. The molecule has 0 fully saturated rings. The summed E-state index contributed by atoms with van der Waals surface area (Å²) in [7, 11) is 1.35. The summed E-state index contributed by atoms with van der Waals surface area (Å²) in [6.07, 6.45) is 0.788. The van der Waals surface area contributed by atoms with Gasteiger partial charge in [-0.1, -0.05) is 43.3 Å². The Morgan fingerprint density at radius 1 is 1.03 bits per heavy atom. The van der Waals surface area contributed by atoms with Crippen molar-refractivity contribution in [2.24, 2.45) is 0 Å². The zero-order chi connectivity index (χ0) is 21.9. The minimum atomic E-state index is -0.245. The van der Waals surface area contributed by atoms with Crippen molar-refractivity contribution < 1.29 is 19.4 Å². The monoisotopic (exact) mass is 403 g/mol. The van der Waals surface area contributed by atoms with Gasteiger partial charge in [-0.2, -0.15) is 5.26 Å². The molecule has 0 heterocycles. The Hall–Kier alpha value is -3.78. The highest BCUT2D eigenvalue weighted by molar-refractivity contribution is 5.66. The van der Waals surface area contributed by atoms with Crippen molar-refractivity contribution >= 4 is 5.97 Å². The summed E-state index contributed by atoms with van der Waals surface area (Å²) >= 11 is 0. The minimum Gasteiger partial charge on any atom is -0.508 e. The highest BCUT2D eigenvalue weighted by Gasteiger charge is 2.04. The average molecular weight is 403 g/mol. The molecule has 3 aromatic rings. The lowest BCUT2D eigenvalue weighted by Gasteiger charge is -2.10. The molecule has 0 aliphatic rings. The normalized spacial score (nSPS) is 9.67. The number of benzene rings is 3. The van der Waals surface area contributed by atoms with E-state index in [1.165, 1.54) is 14.0 Å². The second-order valence-electron chi connectivity index (χ2n) is 6.52. The molecule has 0 spiro atoms. The number of hydrogen-bond acceptors (Lipinski definition) is 5. The lowest BCUT2D eigenvalue weighted by molar-refractivity contribution is -0.137. The van der Waals surface area contributed by atoms with Crippen LogP contribution in [0.25, 0.3) is 11.1 Å². The Morgan fingerprint density at radius 3 is 2.30 bits per heavy atom. The van der Waals surface area contributed by atoms with Crippen LogP contribution in [0.1, 0.15) is 30.5 Å². The van der Waals surface area contributed by atoms with Crippen LogP contribution in [0.2, 0.25) is 0 Å². The molecule has 3 rings (SSSR count). The van der Waals surface area contributed by atoms with E-state index in [1.54, 1.807) is 12.1 Å². The van der Waals surface area contributed by atoms with Crippen molar-refractivity contribution in [1.29, 1.82) is 5.26 Å². The Balaban J connectivity index is 0.000000575.